The van der Waals surface area contributed by atoms with E-state index in [0.717, 1.165) is 5.69 Å². The lowest BCUT2D eigenvalue weighted by molar-refractivity contribution is 0.0993. The first-order valence-electron chi connectivity index (χ1n) is 8.74. The number of aromatic amines is 1. The molecule has 0 atom stereocenters. The van der Waals surface area contributed by atoms with Crippen molar-refractivity contribution in [2.75, 3.05) is 17.7 Å². The maximum Gasteiger partial charge on any atom is 0.258 e. The molecule has 0 saturated carbocycles. The number of anilines is 2. The molecular formula is C20H17FN6O2. The molecule has 0 fully saturated rings. The van der Waals surface area contributed by atoms with E-state index in [2.05, 4.69) is 20.4 Å². The lowest BCUT2D eigenvalue weighted by atomic mass is 10.1. The Morgan fingerprint density at radius 2 is 2.00 bits per heavy atom. The van der Waals surface area contributed by atoms with Crippen molar-refractivity contribution < 1.29 is 13.9 Å². The molecule has 3 N–H and O–H groups in total. The van der Waals surface area contributed by atoms with Gasteiger partial charge in [-0.15, -0.1) is 5.10 Å². The average Bonchev–Trinajstić information content (AvgIpc) is 3.21. The van der Waals surface area contributed by atoms with Gasteiger partial charge in [-0.1, -0.05) is 23.4 Å². The molecule has 1 amide bonds. The zero-order valence-corrected chi connectivity index (χ0v) is 15.5. The number of rotatable bonds is 5. The SMILES string of the molecule is CN(C(=O)c1ccc(F)c(COc2cc(N)nc3[nH]nnc23)c1)c1ccccc1. The molecule has 0 aliphatic heterocycles. The molecule has 4 aromatic rings. The third-order valence-electron chi connectivity index (χ3n) is 4.41. The largest absolute Gasteiger partial charge is 0.486 e. The number of halogens is 1. The van der Waals surface area contributed by atoms with Gasteiger partial charge in [-0.05, 0) is 30.3 Å². The van der Waals surface area contributed by atoms with Gasteiger partial charge in [-0.25, -0.2) is 14.5 Å². The number of amides is 1. The predicted octanol–water partition coefficient (Wildman–Crippen LogP) is 2.93. The van der Waals surface area contributed by atoms with Crippen LogP contribution in [0.15, 0.2) is 54.6 Å². The minimum atomic E-state index is -0.484. The maximum absolute atomic E-state index is 14.3. The second-order valence-electron chi connectivity index (χ2n) is 6.35. The Morgan fingerprint density at radius 3 is 2.79 bits per heavy atom. The molecular weight excluding hydrogens is 375 g/mol. The summed E-state index contributed by atoms with van der Waals surface area (Å²) in [5.41, 5.74) is 7.81. The second-order valence-corrected chi connectivity index (χ2v) is 6.35. The fourth-order valence-corrected chi connectivity index (χ4v) is 2.88. The second kappa shape index (κ2) is 7.55. The van der Waals surface area contributed by atoms with Crippen LogP contribution in [0.5, 0.6) is 5.75 Å². The van der Waals surface area contributed by atoms with Crippen LogP contribution in [-0.2, 0) is 6.61 Å². The number of pyridine rings is 1. The van der Waals surface area contributed by atoms with Gasteiger partial charge in [0, 0.05) is 29.9 Å². The van der Waals surface area contributed by atoms with Crippen LogP contribution in [0.1, 0.15) is 15.9 Å². The molecule has 9 heteroatoms. The molecule has 0 spiro atoms. The molecule has 4 rings (SSSR count). The van der Waals surface area contributed by atoms with Crippen molar-refractivity contribution in [2.45, 2.75) is 6.61 Å². The van der Waals surface area contributed by atoms with Crippen LogP contribution >= 0.6 is 0 Å². The normalized spacial score (nSPS) is 10.8. The maximum atomic E-state index is 14.3. The Morgan fingerprint density at radius 1 is 1.21 bits per heavy atom. The van der Waals surface area contributed by atoms with Gasteiger partial charge in [0.25, 0.3) is 5.91 Å². The Labute approximate surface area is 165 Å². The summed E-state index contributed by atoms with van der Waals surface area (Å²) in [6.45, 7) is -0.118. The monoisotopic (exact) mass is 392 g/mol. The zero-order valence-electron chi connectivity index (χ0n) is 15.5. The lowest BCUT2D eigenvalue weighted by Crippen LogP contribution is -2.26. The first kappa shape index (κ1) is 18.4. The van der Waals surface area contributed by atoms with E-state index in [1.54, 1.807) is 7.05 Å². The van der Waals surface area contributed by atoms with E-state index in [0.29, 0.717) is 22.5 Å². The number of ether oxygens (including phenoxy) is 1. The van der Waals surface area contributed by atoms with E-state index >= 15 is 0 Å². The molecule has 0 saturated heterocycles. The smallest absolute Gasteiger partial charge is 0.258 e. The molecule has 0 aliphatic rings. The van der Waals surface area contributed by atoms with Crippen LogP contribution in [0.25, 0.3) is 11.2 Å². The van der Waals surface area contributed by atoms with E-state index < -0.39 is 5.82 Å². The van der Waals surface area contributed by atoms with Gasteiger partial charge in [0.1, 0.15) is 18.2 Å². The number of hydrogen-bond donors (Lipinski definition) is 2. The molecule has 0 aliphatic carbocycles. The number of carbonyl (C=O) groups excluding carboxylic acids is 1. The Balaban J connectivity index is 1.57. The summed E-state index contributed by atoms with van der Waals surface area (Å²) in [6, 6.07) is 14.8. The van der Waals surface area contributed by atoms with Gasteiger partial charge in [0.15, 0.2) is 16.9 Å². The fourth-order valence-electron chi connectivity index (χ4n) is 2.88. The molecule has 0 bridgehead atoms. The predicted molar refractivity (Wildman–Crippen MR) is 106 cm³/mol. The van der Waals surface area contributed by atoms with E-state index in [1.165, 1.54) is 29.2 Å². The fraction of sp³-hybridized carbons (Fsp3) is 0.100. The van der Waals surface area contributed by atoms with Crippen molar-refractivity contribution in [2.24, 2.45) is 0 Å². The minimum absolute atomic E-state index is 0.118. The van der Waals surface area contributed by atoms with Gasteiger partial charge >= 0.3 is 0 Å². The van der Waals surface area contributed by atoms with E-state index in [-0.39, 0.29) is 23.9 Å². The molecule has 8 nitrogen and oxygen atoms in total. The van der Waals surface area contributed by atoms with Crippen molar-refractivity contribution in [3.05, 3.63) is 71.5 Å². The minimum Gasteiger partial charge on any atom is -0.486 e. The molecule has 0 unspecified atom stereocenters. The van der Waals surface area contributed by atoms with Crippen molar-refractivity contribution in [1.29, 1.82) is 0 Å². The number of nitrogen functional groups attached to an aromatic ring is 1. The number of para-hydroxylation sites is 1. The first-order chi connectivity index (χ1) is 14.0. The molecule has 2 heterocycles. The quantitative estimate of drug-likeness (QED) is 0.540. The average molecular weight is 392 g/mol. The van der Waals surface area contributed by atoms with Crippen molar-refractivity contribution in [3.8, 4) is 5.75 Å². The van der Waals surface area contributed by atoms with Gasteiger partial charge in [-0.3, -0.25) is 4.79 Å². The van der Waals surface area contributed by atoms with E-state index in [4.69, 9.17) is 10.5 Å². The molecule has 2 aromatic heterocycles. The van der Waals surface area contributed by atoms with Gasteiger partial charge in [0.2, 0.25) is 0 Å². The molecule has 2 aromatic carbocycles. The number of fused-ring (bicyclic) bond motifs is 1. The number of hydrogen-bond acceptors (Lipinski definition) is 6. The Hall–Kier alpha value is -4.01. The summed E-state index contributed by atoms with van der Waals surface area (Å²) in [6.07, 6.45) is 0. The highest BCUT2D eigenvalue weighted by atomic mass is 19.1. The number of nitrogens with zero attached hydrogens (tertiary/aromatic N) is 4. The van der Waals surface area contributed by atoms with Crippen LogP contribution in [0, 0.1) is 5.82 Å². The highest BCUT2D eigenvalue weighted by Gasteiger charge is 2.16. The summed E-state index contributed by atoms with van der Waals surface area (Å²) in [5.74, 6) is -0.210. The lowest BCUT2D eigenvalue weighted by Gasteiger charge is -2.18. The number of H-pyrrole nitrogens is 1. The van der Waals surface area contributed by atoms with E-state index in [9.17, 15) is 9.18 Å². The standard InChI is InChI=1S/C20H17FN6O2/c1-27(14-5-3-2-4-6-14)20(28)12-7-8-15(21)13(9-12)11-29-16-10-17(22)23-19-18(16)24-26-25-19/h2-10H,11H2,1H3,(H3,22,23,24,25,26). The van der Waals surface area contributed by atoms with Crippen LogP contribution < -0.4 is 15.4 Å². The number of nitrogens with two attached hydrogens (primary N) is 1. The number of benzene rings is 2. The topological polar surface area (TPSA) is 110 Å². The highest BCUT2D eigenvalue weighted by Crippen LogP contribution is 2.25. The zero-order chi connectivity index (χ0) is 20.4. The van der Waals surface area contributed by atoms with Gasteiger partial charge in [-0.2, -0.15) is 0 Å². The molecule has 29 heavy (non-hydrogen) atoms. The van der Waals surface area contributed by atoms with Crippen LogP contribution in [0.3, 0.4) is 0 Å². The summed E-state index contributed by atoms with van der Waals surface area (Å²) >= 11 is 0. The number of carbonyl (C=O) groups is 1. The Bertz CT molecular complexity index is 1180. The van der Waals surface area contributed by atoms with Crippen LogP contribution in [0.2, 0.25) is 0 Å². The summed E-state index contributed by atoms with van der Waals surface area (Å²) < 4.78 is 20.0. The first-order valence-corrected chi connectivity index (χ1v) is 8.74. The summed E-state index contributed by atoms with van der Waals surface area (Å²) in [4.78, 5) is 18.3. The van der Waals surface area contributed by atoms with Crippen molar-refractivity contribution in [1.82, 2.24) is 20.4 Å². The van der Waals surface area contributed by atoms with Crippen LogP contribution in [0.4, 0.5) is 15.9 Å². The third kappa shape index (κ3) is 3.70. The summed E-state index contributed by atoms with van der Waals surface area (Å²) in [7, 11) is 1.66. The van der Waals surface area contributed by atoms with E-state index in [1.807, 2.05) is 30.3 Å². The number of aromatic nitrogens is 4. The Kier molecular flexibility index (Phi) is 4.78. The molecule has 0 radical (unpaired) electrons. The molecule has 146 valence electrons. The third-order valence-corrected chi connectivity index (χ3v) is 4.41. The van der Waals surface area contributed by atoms with Crippen LogP contribution in [-0.4, -0.2) is 33.3 Å². The van der Waals surface area contributed by atoms with Crippen molar-refractivity contribution >= 4 is 28.6 Å². The van der Waals surface area contributed by atoms with Gasteiger partial charge < -0.3 is 15.4 Å². The highest BCUT2D eigenvalue weighted by molar-refractivity contribution is 6.05. The summed E-state index contributed by atoms with van der Waals surface area (Å²) in [5, 5.41) is 10.2. The number of nitrogens with one attached hydrogen (secondary N) is 1. The van der Waals surface area contributed by atoms with Crippen molar-refractivity contribution in [3.63, 3.8) is 0 Å². The van der Waals surface area contributed by atoms with Gasteiger partial charge in [0.05, 0.1) is 0 Å².